The molecule has 0 amide bonds. The van der Waals surface area contributed by atoms with Gasteiger partial charge < -0.3 is 14.5 Å². The molecule has 1 aliphatic heterocycles. The van der Waals surface area contributed by atoms with Crippen LogP contribution in [0.3, 0.4) is 0 Å². The maximum atomic E-state index is 5.69. The zero-order valence-electron chi connectivity index (χ0n) is 24.6. The van der Waals surface area contributed by atoms with Crippen molar-refractivity contribution >= 4 is 39.2 Å². The molecule has 7 aromatic rings. The highest BCUT2D eigenvalue weighted by Crippen LogP contribution is 2.41. The molecule has 0 radical (unpaired) electrons. The first-order chi connectivity index (χ1) is 22.3. The van der Waals surface area contributed by atoms with Crippen molar-refractivity contribution in [3.05, 3.63) is 182 Å². The maximum absolute atomic E-state index is 5.69. The second kappa shape index (κ2) is 11.6. The number of para-hydroxylation sites is 2. The van der Waals surface area contributed by atoms with Gasteiger partial charge in [0.15, 0.2) is 5.75 Å². The van der Waals surface area contributed by atoms with E-state index in [1.54, 1.807) is 6.26 Å². The average molecular weight is 579 g/mol. The van der Waals surface area contributed by atoms with Crippen molar-refractivity contribution in [3.63, 3.8) is 0 Å². The molecule has 0 unspecified atom stereocenters. The van der Waals surface area contributed by atoms with Crippen LogP contribution in [0.25, 0.3) is 33.0 Å². The SMILES string of the molecule is C1=CN(c2ccc(-c3ccc(N(c4ccc(-c5ccccc5)cc4)c4cccc5ccccc45)cc3)cc2)c2ccccc2O1. The predicted molar refractivity (Wildman–Crippen MR) is 188 cm³/mol. The lowest BCUT2D eigenvalue weighted by atomic mass is 10.0. The summed E-state index contributed by atoms with van der Waals surface area (Å²) in [5.74, 6) is 0.852. The van der Waals surface area contributed by atoms with Crippen LogP contribution >= 0.6 is 0 Å². The molecule has 0 N–H and O–H groups in total. The Morgan fingerprint density at radius 2 is 1.00 bits per heavy atom. The number of benzene rings is 7. The Balaban J connectivity index is 1.14. The van der Waals surface area contributed by atoms with Crippen LogP contribution in [-0.4, -0.2) is 0 Å². The van der Waals surface area contributed by atoms with Gasteiger partial charge in [0.25, 0.3) is 0 Å². The molecule has 0 bridgehead atoms. The molecule has 0 aromatic heterocycles. The first-order valence-corrected chi connectivity index (χ1v) is 15.2. The van der Waals surface area contributed by atoms with Crippen LogP contribution in [0.4, 0.5) is 28.4 Å². The number of rotatable bonds is 6. The summed E-state index contributed by atoms with van der Waals surface area (Å²) in [6.07, 6.45) is 3.69. The molecule has 0 fully saturated rings. The Kier molecular flexibility index (Phi) is 6.82. The lowest BCUT2D eigenvalue weighted by Crippen LogP contribution is -2.13. The molecule has 7 aromatic carbocycles. The van der Waals surface area contributed by atoms with Crippen LogP contribution in [0.2, 0.25) is 0 Å². The molecule has 1 aliphatic rings. The van der Waals surface area contributed by atoms with E-state index >= 15 is 0 Å². The van der Waals surface area contributed by atoms with Crippen LogP contribution in [0, 0.1) is 0 Å². The summed E-state index contributed by atoms with van der Waals surface area (Å²) in [7, 11) is 0. The van der Waals surface area contributed by atoms with Gasteiger partial charge in [-0.15, -0.1) is 0 Å². The first-order valence-electron chi connectivity index (χ1n) is 15.2. The third-order valence-electron chi connectivity index (χ3n) is 8.37. The molecule has 0 spiro atoms. The Morgan fingerprint density at radius 3 is 1.71 bits per heavy atom. The summed E-state index contributed by atoms with van der Waals surface area (Å²) in [6.45, 7) is 0. The van der Waals surface area contributed by atoms with E-state index in [2.05, 4.69) is 161 Å². The van der Waals surface area contributed by atoms with E-state index in [1.807, 2.05) is 24.4 Å². The third kappa shape index (κ3) is 5.11. The Morgan fingerprint density at radius 1 is 0.444 bits per heavy atom. The Bertz CT molecular complexity index is 2110. The first kappa shape index (κ1) is 26.6. The van der Waals surface area contributed by atoms with E-state index in [4.69, 9.17) is 4.74 Å². The van der Waals surface area contributed by atoms with Crippen molar-refractivity contribution < 1.29 is 4.74 Å². The molecule has 3 heteroatoms. The zero-order valence-corrected chi connectivity index (χ0v) is 24.6. The minimum absolute atomic E-state index is 0.852. The number of anilines is 5. The second-order valence-electron chi connectivity index (χ2n) is 11.1. The molecule has 0 aliphatic carbocycles. The van der Waals surface area contributed by atoms with E-state index < -0.39 is 0 Å². The molecular weight excluding hydrogens is 548 g/mol. The maximum Gasteiger partial charge on any atom is 0.150 e. The van der Waals surface area contributed by atoms with Crippen LogP contribution < -0.4 is 14.5 Å². The quantitative estimate of drug-likeness (QED) is 0.195. The van der Waals surface area contributed by atoms with Crippen molar-refractivity contribution in [1.29, 1.82) is 0 Å². The van der Waals surface area contributed by atoms with Crippen LogP contribution in [0.15, 0.2) is 182 Å². The van der Waals surface area contributed by atoms with E-state index in [-0.39, 0.29) is 0 Å². The monoisotopic (exact) mass is 578 g/mol. The lowest BCUT2D eigenvalue weighted by Gasteiger charge is -2.27. The Labute approximate surface area is 263 Å². The fourth-order valence-electron chi connectivity index (χ4n) is 6.11. The van der Waals surface area contributed by atoms with Crippen LogP contribution in [0.5, 0.6) is 5.75 Å². The number of nitrogens with zero attached hydrogens (tertiary/aromatic N) is 2. The largest absolute Gasteiger partial charge is 0.461 e. The predicted octanol–water partition coefficient (Wildman–Crippen LogP) is 11.6. The van der Waals surface area contributed by atoms with Gasteiger partial charge in [0.2, 0.25) is 0 Å². The van der Waals surface area contributed by atoms with Gasteiger partial charge >= 0.3 is 0 Å². The van der Waals surface area contributed by atoms with Gasteiger partial charge in [0, 0.05) is 28.6 Å². The summed E-state index contributed by atoms with van der Waals surface area (Å²) in [6, 6.07) is 60.1. The minimum atomic E-state index is 0.852. The molecule has 214 valence electrons. The van der Waals surface area contributed by atoms with Gasteiger partial charge in [-0.25, -0.2) is 0 Å². The summed E-state index contributed by atoms with van der Waals surface area (Å²) < 4.78 is 5.69. The zero-order chi connectivity index (χ0) is 30.0. The summed E-state index contributed by atoms with van der Waals surface area (Å²) in [5, 5.41) is 2.43. The molecule has 0 saturated carbocycles. The number of hydrogen-bond acceptors (Lipinski definition) is 3. The molecule has 0 atom stereocenters. The molecule has 1 heterocycles. The highest BCUT2D eigenvalue weighted by molar-refractivity contribution is 5.99. The van der Waals surface area contributed by atoms with Gasteiger partial charge in [-0.1, -0.05) is 115 Å². The number of fused-ring (bicyclic) bond motifs is 2. The normalized spacial score (nSPS) is 12.0. The van der Waals surface area contributed by atoms with Crippen molar-refractivity contribution in [2.45, 2.75) is 0 Å². The minimum Gasteiger partial charge on any atom is -0.461 e. The number of ether oxygens (including phenoxy) is 1. The summed E-state index contributed by atoms with van der Waals surface area (Å²) in [4.78, 5) is 4.50. The average Bonchev–Trinajstić information content (AvgIpc) is 3.13. The molecule has 3 nitrogen and oxygen atoms in total. The van der Waals surface area contributed by atoms with Gasteiger partial charge in [0.05, 0.1) is 11.4 Å². The Hall–Kier alpha value is -6.06. The van der Waals surface area contributed by atoms with Gasteiger partial charge in [-0.3, -0.25) is 0 Å². The molecule has 45 heavy (non-hydrogen) atoms. The summed E-state index contributed by atoms with van der Waals surface area (Å²) in [5.41, 5.74) is 10.2. The fraction of sp³-hybridized carbons (Fsp3) is 0. The smallest absolute Gasteiger partial charge is 0.150 e. The second-order valence-corrected chi connectivity index (χ2v) is 11.1. The highest BCUT2D eigenvalue weighted by Gasteiger charge is 2.17. The van der Waals surface area contributed by atoms with Crippen LogP contribution in [0.1, 0.15) is 0 Å². The van der Waals surface area contributed by atoms with Crippen LogP contribution in [-0.2, 0) is 0 Å². The standard InChI is InChI=1S/C42H30N2O/c1-2-9-31(10-3-1)32-19-25-37(26-20-32)44(40-15-8-12-35-11-4-5-13-39(35)40)38-27-21-34(22-28-38)33-17-23-36(24-18-33)43-29-30-45-42-16-7-6-14-41(42)43/h1-30H. The van der Waals surface area contributed by atoms with Crippen molar-refractivity contribution in [2.24, 2.45) is 0 Å². The van der Waals surface area contributed by atoms with E-state index in [9.17, 15) is 0 Å². The van der Waals surface area contributed by atoms with Crippen molar-refractivity contribution in [3.8, 4) is 28.0 Å². The van der Waals surface area contributed by atoms with Gasteiger partial charge in [-0.05, 0) is 82.2 Å². The van der Waals surface area contributed by atoms with Gasteiger partial charge in [0.1, 0.15) is 6.26 Å². The lowest BCUT2D eigenvalue weighted by molar-refractivity contribution is 0.473. The molecule has 8 rings (SSSR count). The van der Waals surface area contributed by atoms with Crippen molar-refractivity contribution in [1.82, 2.24) is 0 Å². The van der Waals surface area contributed by atoms with Gasteiger partial charge in [-0.2, -0.15) is 0 Å². The van der Waals surface area contributed by atoms with Crippen molar-refractivity contribution in [2.75, 3.05) is 9.80 Å². The number of hydrogen-bond donors (Lipinski definition) is 0. The van der Waals surface area contributed by atoms with E-state index in [0.717, 1.165) is 34.2 Å². The molecular formula is C42H30N2O. The van der Waals surface area contributed by atoms with E-state index in [0.29, 0.717) is 0 Å². The van der Waals surface area contributed by atoms with E-state index in [1.165, 1.54) is 33.0 Å². The summed E-state index contributed by atoms with van der Waals surface area (Å²) >= 11 is 0. The highest BCUT2D eigenvalue weighted by atomic mass is 16.5. The topological polar surface area (TPSA) is 15.7 Å². The third-order valence-corrected chi connectivity index (χ3v) is 8.37. The fourth-order valence-corrected chi connectivity index (χ4v) is 6.11. The molecule has 0 saturated heterocycles.